The van der Waals surface area contributed by atoms with Crippen molar-refractivity contribution >= 4 is 87.0 Å². The van der Waals surface area contributed by atoms with E-state index in [1.165, 1.54) is 0 Å². The summed E-state index contributed by atoms with van der Waals surface area (Å²) in [6, 6.07) is 63.8. The Morgan fingerprint density at radius 1 is 0.318 bits per heavy atom. The Kier molecular flexibility index (Phi) is 7.88. The highest BCUT2D eigenvalue weighted by molar-refractivity contribution is 6.30. The number of benzene rings is 9. The van der Waals surface area contributed by atoms with Crippen LogP contribution in [0.3, 0.4) is 0 Å². The first-order valence-corrected chi connectivity index (χ1v) is 22.1. The first-order chi connectivity index (χ1) is 32.7. The van der Waals surface area contributed by atoms with E-state index in [9.17, 15) is 0 Å². The molecule has 66 heavy (non-hydrogen) atoms. The van der Waals surface area contributed by atoms with E-state index in [4.69, 9.17) is 18.8 Å². The fourth-order valence-electron chi connectivity index (χ4n) is 10.2. The minimum atomic E-state index is 0.559. The number of fused-ring (bicyclic) bond motifs is 14. The Balaban J connectivity index is 1.12. The highest BCUT2D eigenvalue weighted by Crippen LogP contribution is 2.47. The third-order valence-electron chi connectivity index (χ3n) is 13.2. The summed E-state index contributed by atoms with van der Waals surface area (Å²) in [5.41, 5.74) is 11.2. The number of aromatic nitrogens is 4. The van der Waals surface area contributed by atoms with Crippen molar-refractivity contribution in [1.29, 1.82) is 0 Å². The average molecular weight is 843 g/mol. The summed E-state index contributed by atoms with van der Waals surface area (Å²) in [5.74, 6) is 0.559. The molecular formula is C60H34N4O2. The van der Waals surface area contributed by atoms with Gasteiger partial charge in [-0.2, -0.15) is 0 Å². The molecule has 0 aliphatic rings. The van der Waals surface area contributed by atoms with Gasteiger partial charge in [-0.25, -0.2) is 9.97 Å². The second-order valence-electron chi connectivity index (χ2n) is 17.0. The second kappa shape index (κ2) is 14.3. The van der Waals surface area contributed by atoms with E-state index in [1.54, 1.807) is 12.4 Å². The summed E-state index contributed by atoms with van der Waals surface area (Å²) in [7, 11) is 0. The van der Waals surface area contributed by atoms with Gasteiger partial charge >= 0.3 is 0 Å². The van der Waals surface area contributed by atoms with Gasteiger partial charge in [-0.1, -0.05) is 121 Å². The van der Waals surface area contributed by atoms with E-state index in [-0.39, 0.29) is 0 Å². The van der Waals surface area contributed by atoms with Gasteiger partial charge in [0.25, 0.3) is 0 Å². The molecule has 6 nitrogen and oxygen atoms in total. The molecule has 0 bridgehead atoms. The zero-order chi connectivity index (χ0) is 43.3. The lowest BCUT2D eigenvalue weighted by Crippen LogP contribution is -1.98. The van der Waals surface area contributed by atoms with E-state index >= 15 is 0 Å². The van der Waals surface area contributed by atoms with Crippen molar-refractivity contribution in [1.82, 2.24) is 19.9 Å². The average Bonchev–Trinajstić information content (AvgIpc) is 3.99. The Morgan fingerprint density at radius 2 is 0.742 bits per heavy atom. The molecule has 5 heterocycles. The number of rotatable bonds is 5. The molecule has 0 amide bonds. The van der Waals surface area contributed by atoms with Crippen LogP contribution < -0.4 is 0 Å². The maximum atomic E-state index is 7.02. The van der Waals surface area contributed by atoms with Crippen molar-refractivity contribution in [3.8, 4) is 56.2 Å². The molecule has 0 fully saturated rings. The summed E-state index contributed by atoms with van der Waals surface area (Å²) in [4.78, 5) is 20.1. The second-order valence-corrected chi connectivity index (χ2v) is 17.0. The summed E-state index contributed by atoms with van der Waals surface area (Å²) < 4.78 is 14.0. The van der Waals surface area contributed by atoms with Gasteiger partial charge in [0.2, 0.25) is 0 Å². The van der Waals surface area contributed by atoms with Crippen LogP contribution in [0.1, 0.15) is 0 Å². The number of pyridine rings is 2. The standard InChI is InChI=1S/C60H34N4O2/c1-5-17-44-35(11-1)21-23-52-54(44)56-46-19-7-3-13-37(46)30-48(58(56)65-52)50-32-51(64-60(63-50)43-28-41(39-15-9-25-61-33-39)27-42(29-43)40-16-10-26-62-34-40)49-31-38-14-4-8-20-47(38)57-55-45-18-6-2-12-36(45)22-24-53(55)66-59(49)57/h1-34H. The van der Waals surface area contributed by atoms with Crippen molar-refractivity contribution in [3.63, 3.8) is 0 Å². The lowest BCUT2D eigenvalue weighted by molar-refractivity contribution is 0.670. The van der Waals surface area contributed by atoms with E-state index in [1.807, 2.05) is 24.5 Å². The van der Waals surface area contributed by atoms with Crippen LogP contribution in [-0.4, -0.2) is 19.9 Å². The molecule has 0 atom stereocenters. The molecule has 0 spiro atoms. The third-order valence-corrected chi connectivity index (χ3v) is 13.2. The molecule has 0 aliphatic carbocycles. The summed E-state index contributed by atoms with van der Waals surface area (Å²) in [6.07, 6.45) is 7.38. The number of hydrogen-bond donors (Lipinski definition) is 0. The fraction of sp³-hybridized carbons (Fsp3) is 0. The van der Waals surface area contributed by atoms with Crippen LogP contribution in [0, 0.1) is 0 Å². The number of hydrogen-bond acceptors (Lipinski definition) is 6. The molecule has 0 saturated heterocycles. The SMILES string of the molecule is c1cncc(-c2cc(-c3cccnc3)cc(-c3nc(-c4cc5ccccc5c5c4oc4ccc6ccccc6c45)cc(-c4cc5ccccc5c5c4oc4ccc6ccccc6c45)n3)c2)c1. The van der Waals surface area contributed by atoms with E-state index < -0.39 is 0 Å². The lowest BCUT2D eigenvalue weighted by atomic mass is 9.94. The molecule has 0 saturated carbocycles. The Bertz CT molecular complexity index is 4020. The predicted molar refractivity (Wildman–Crippen MR) is 269 cm³/mol. The zero-order valence-corrected chi connectivity index (χ0v) is 35.2. The van der Waals surface area contributed by atoms with Crippen molar-refractivity contribution in [2.24, 2.45) is 0 Å². The van der Waals surface area contributed by atoms with Gasteiger partial charge in [0.05, 0.1) is 11.4 Å². The molecule has 9 aromatic carbocycles. The number of nitrogens with zero attached hydrogens (tertiary/aromatic N) is 4. The molecule has 14 aromatic rings. The van der Waals surface area contributed by atoms with Gasteiger partial charge in [-0.05, 0) is 115 Å². The quantitative estimate of drug-likeness (QED) is 0.172. The van der Waals surface area contributed by atoms with Crippen LogP contribution in [0.4, 0.5) is 0 Å². The first-order valence-electron chi connectivity index (χ1n) is 22.1. The number of furan rings is 2. The minimum absolute atomic E-state index is 0.559. The van der Waals surface area contributed by atoms with Crippen LogP contribution >= 0.6 is 0 Å². The van der Waals surface area contributed by atoms with Gasteiger partial charge in [0.1, 0.15) is 22.3 Å². The Morgan fingerprint density at radius 3 is 1.20 bits per heavy atom. The van der Waals surface area contributed by atoms with Crippen LogP contribution in [0.15, 0.2) is 216 Å². The molecule has 0 aliphatic heterocycles. The molecule has 0 radical (unpaired) electrons. The van der Waals surface area contributed by atoms with Crippen LogP contribution in [0.25, 0.3) is 143 Å². The molecule has 14 rings (SSSR count). The fourth-order valence-corrected chi connectivity index (χ4v) is 10.2. The highest BCUT2D eigenvalue weighted by Gasteiger charge is 2.24. The molecule has 6 heteroatoms. The van der Waals surface area contributed by atoms with Gasteiger partial charge < -0.3 is 8.83 Å². The first kappa shape index (κ1) is 36.5. The smallest absolute Gasteiger partial charge is 0.160 e. The monoisotopic (exact) mass is 842 g/mol. The molecule has 0 unspecified atom stereocenters. The van der Waals surface area contributed by atoms with Crippen LogP contribution in [0.2, 0.25) is 0 Å². The van der Waals surface area contributed by atoms with E-state index in [2.05, 4.69) is 180 Å². The third kappa shape index (κ3) is 5.62. The van der Waals surface area contributed by atoms with E-state index in [0.29, 0.717) is 5.82 Å². The summed E-state index contributed by atoms with van der Waals surface area (Å²) in [5, 5.41) is 13.3. The molecule has 306 valence electrons. The summed E-state index contributed by atoms with van der Waals surface area (Å²) >= 11 is 0. The minimum Gasteiger partial charge on any atom is -0.455 e. The molecule has 0 N–H and O–H groups in total. The predicted octanol–water partition coefficient (Wildman–Crippen LogP) is 16.0. The van der Waals surface area contributed by atoms with Gasteiger partial charge in [0.15, 0.2) is 5.82 Å². The van der Waals surface area contributed by atoms with Crippen molar-refractivity contribution in [3.05, 3.63) is 207 Å². The van der Waals surface area contributed by atoms with E-state index in [0.717, 1.165) is 137 Å². The van der Waals surface area contributed by atoms with Gasteiger partial charge in [-0.3, -0.25) is 9.97 Å². The van der Waals surface area contributed by atoms with Crippen molar-refractivity contribution < 1.29 is 8.83 Å². The Labute approximate surface area is 377 Å². The van der Waals surface area contributed by atoms with Crippen LogP contribution in [-0.2, 0) is 0 Å². The highest BCUT2D eigenvalue weighted by atomic mass is 16.3. The normalized spacial score (nSPS) is 11.9. The Hall–Kier alpha value is -9.00. The maximum Gasteiger partial charge on any atom is 0.160 e. The lowest BCUT2D eigenvalue weighted by Gasteiger charge is -2.14. The maximum absolute atomic E-state index is 7.02. The zero-order valence-electron chi connectivity index (χ0n) is 35.2. The topological polar surface area (TPSA) is 77.8 Å². The van der Waals surface area contributed by atoms with Gasteiger partial charge in [0, 0.05) is 74.1 Å². The van der Waals surface area contributed by atoms with Crippen molar-refractivity contribution in [2.75, 3.05) is 0 Å². The summed E-state index contributed by atoms with van der Waals surface area (Å²) in [6.45, 7) is 0. The molecular weight excluding hydrogens is 809 g/mol. The molecule has 5 aromatic heterocycles. The van der Waals surface area contributed by atoms with Crippen LogP contribution in [0.5, 0.6) is 0 Å². The van der Waals surface area contributed by atoms with Gasteiger partial charge in [-0.15, -0.1) is 0 Å². The van der Waals surface area contributed by atoms with Crippen molar-refractivity contribution in [2.45, 2.75) is 0 Å². The largest absolute Gasteiger partial charge is 0.455 e.